The summed E-state index contributed by atoms with van der Waals surface area (Å²) in [6, 6.07) is 25.5. The summed E-state index contributed by atoms with van der Waals surface area (Å²) in [4.78, 5) is 5.08. The van der Waals surface area contributed by atoms with Gasteiger partial charge in [0.1, 0.15) is 10.8 Å². The molecule has 0 aliphatic heterocycles. The fourth-order valence-corrected chi connectivity index (χ4v) is 6.49. The summed E-state index contributed by atoms with van der Waals surface area (Å²) in [5, 5.41) is 17.2. The highest BCUT2D eigenvalue weighted by atomic mass is 32.1. The molecule has 190 valence electrons. The van der Waals surface area contributed by atoms with Crippen LogP contribution in [0.5, 0.6) is 5.75 Å². The van der Waals surface area contributed by atoms with Gasteiger partial charge in [-0.05, 0) is 67.1 Å². The summed E-state index contributed by atoms with van der Waals surface area (Å²) in [6.07, 6.45) is 0. The van der Waals surface area contributed by atoms with E-state index in [9.17, 15) is 5.11 Å². The Morgan fingerprint density at radius 1 is 0.789 bits per heavy atom. The zero-order valence-corrected chi connectivity index (χ0v) is 23.6. The zero-order chi connectivity index (χ0) is 26.8. The Labute approximate surface area is 228 Å². The van der Waals surface area contributed by atoms with Gasteiger partial charge >= 0.3 is 0 Å². The molecule has 4 heteroatoms. The standard InChI is InChI=1S/C34H32N2OS/c1-20-15-21(2)31(22(3)16-20)27-19-38-33(35-27)26-17-23(34(4,5)6)18-30(32(26)37)36-28-13-9-7-11-24(28)25-12-8-10-14-29(25)36/h7-19,37H,1-6H3. The molecule has 0 radical (unpaired) electrons. The van der Waals surface area contributed by atoms with Crippen LogP contribution in [-0.4, -0.2) is 14.7 Å². The first kappa shape index (κ1) is 24.4. The lowest BCUT2D eigenvalue weighted by atomic mass is 9.85. The van der Waals surface area contributed by atoms with Gasteiger partial charge in [-0.15, -0.1) is 11.3 Å². The average molecular weight is 517 g/mol. The molecular formula is C34H32N2OS. The van der Waals surface area contributed by atoms with E-state index in [1.807, 2.05) is 0 Å². The Kier molecular flexibility index (Phi) is 5.69. The molecule has 3 nitrogen and oxygen atoms in total. The smallest absolute Gasteiger partial charge is 0.149 e. The van der Waals surface area contributed by atoms with E-state index in [-0.39, 0.29) is 11.2 Å². The second kappa shape index (κ2) is 8.85. The van der Waals surface area contributed by atoms with E-state index in [0.717, 1.165) is 38.5 Å². The van der Waals surface area contributed by atoms with Crippen molar-refractivity contribution in [3.8, 4) is 33.3 Å². The minimum Gasteiger partial charge on any atom is -0.505 e. The molecule has 0 aliphatic carbocycles. The molecule has 0 aliphatic rings. The third-order valence-electron chi connectivity index (χ3n) is 7.44. The van der Waals surface area contributed by atoms with Gasteiger partial charge < -0.3 is 9.67 Å². The normalized spacial score (nSPS) is 12.1. The van der Waals surface area contributed by atoms with Crippen molar-refractivity contribution in [3.63, 3.8) is 0 Å². The number of thiazole rings is 1. The summed E-state index contributed by atoms with van der Waals surface area (Å²) in [6.45, 7) is 13.1. The van der Waals surface area contributed by atoms with Gasteiger partial charge in [-0.25, -0.2) is 4.98 Å². The molecule has 0 amide bonds. The van der Waals surface area contributed by atoms with Gasteiger partial charge in [0.05, 0.1) is 28.0 Å². The Bertz CT molecular complexity index is 1770. The zero-order valence-electron chi connectivity index (χ0n) is 22.8. The Morgan fingerprint density at radius 2 is 1.37 bits per heavy atom. The van der Waals surface area contributed by atoms with E-state index in [2.05, 4.69) is 124 Å². The number of hydrogen-bond donors (Lipinski definition) is 1. The molecule has 6 aromatic rings. The number of aryl methyl sites for hydroxylation is 3. The molecular weight excluding hydrogens is 484 g/mol. The number of para-hydroxylation sites is 2. The topological polar surface area (TPSA) is 38.0 Å². The molecule has 4 aromatic carbocycles. The molecule has 0 unspecified atom stereocenters. The van der Waals surface area contributed by atoms with Crippen LogP contribution in [0, 0.1) is 20.8 Å². The number of benzene rings is 4. The molecule has 0 atom stereocenters. The fraction of sp³-hybridized carbons (Fsp3) is 0.206. The van der Waals surface area contributed by atoms with Gasteiger partial charge in [0.2, 0.25) is 0 Å². The number of aromatic hydroxyl groups is 1. The molecule has 0 saturated heterocycles. The number of aromatic nitrogens is 2. The largest absolute Gasteiger partial charge is 0.505 e. The summed E-state index contributed by atoms with van der Waals surface area (Å²) in [5.74, 6) is 0.253. The lowest BCUT2D eigenvalue weighted by Gasteiger charge is -2.23. The van der Waals surface area contributed by atoms with Gasteiger partial charge in [0, 0.05) is 21.7 Å². The first-order valence-electron chi connectivity index (χ1n) is 13.0. The molecule has 0 saturated carbocycles. The number of phenols is 1. The van der Waals surface area contributed by atoms with Crippen LogP contribution in [0.15, 0.2) is 78.2 Å². The van der Waals surface area contributed by atoms with E-state index >= 15 is 0 Å². The van der Waals surface area contributed by atoms with Crippen LogP contribution in [-0.2, 0) is 5.41 Å². The van der Waals surface area contributed by atoms with Crippen molar-refractivity contribution in [1.82, 2.24) is 9.55 Å². The number of nitrogens with zero attached hydrogens (tertiary/aromatic N) is 2. The maximum Gasteiger partial charge on any atom is 0.149 e. The number of rotatable bonds is 3. The van der Waals surface area contributed by atoms with Crippen LogP contribution >= 0.6 is 11.3 Å². The first-order chi connectivity index (χ1) is 18.1. The molecule has 0 fully saturated rings. The summed E-state index contributed by atoms with van der Waals surface area (Å²) >= 11 is 1.59. The summed E-state index contributed by atoms with van der Waals surface area (Å²) < 4.78 is 2.20. The third kappa shape index (κ3) is 3.91. The monoisotopic (exact) mass is 516 g/mol. The van der Waals surface area contributed by atoms with Gasteiger partial charge in [0.15, 0.2) is 0 Å². The van der Waals surface area contributed by atoms with Crippen molar-refractivity contribution < 1.29 is 5.11 Å². The predicted octanol–water partition coefficient (Wildman–Crippen LogP) is 9.50. The quantitative estimate of drug-likeness (QED) is 0.254. The maximum atomic E-state index is 11.9. The van der Waals surface area contributed by atoms with Gasteiger partial charge in [0.25, 0.3) is 0 Å². The first-order valence-corrected chi connectivity index (χ1v) is 13.9. The van der Waals surface area contributed by atoms with E-state index in [4.69, 9.17) is 4.98 Å². The number of hydrogen-bond acceptors (Lipinski definition) is 3. The van der Waals surface area contributed by atoms with E-state index in [1.54, 1.807) is 11.3 Å². The highest BCUT2D eigenvalue weighted by molar-refractivity contribution is 7.13. The van der Waals surface area contributed by atoms with Crippen molar-refractivity contribution in [2.45, 2.75) is 47.0 Å². The van der Waals surface area contributed by atoms with Crippen molar-refractivity contribution in [2.24, 2.45) is 0 Å². The minimum absolute atomic E-state index is 0.111. The minimum atomic E-state index is -0.111. The molecule has 0 bridgehead atoms. The Morgan fingerprint density at radius 3 is 1.95 bits per heavy atom. The molecule has 1 N–H and O–H groups in total. The average Bonchev–Trinajstić information content (AvgIpc) is 3.46. The van der Waals surface area contributed by atoms with E-state index in [1.165, 1.54) is 33.0 Å². The summed E-state index contributed by atoms with van der Waals surface area (Å²) in [7, 11) is 0. The Hall–Kier alpha value is -3.89. The lowest BCUT2D eigenvalue weighted by Crippen LogP contribution is -2.12. The SMILES string of the molecule is Cc1cc(C)c(-c2csc(-c3cc(C(C)(C)C)cc(-n4c5ccccc5c5ccccc54)c3O)n2)c(C)c1. The molecule has 0 spiro atoms. The van der Waals surface area contributed by atoms with E-state index < -0.39 is 0 Å². The second-order valence-electron chi connectivity index (χ2n) is 11.3. The van der Waals surface area contributed by atoms with Gasteiger partial charge in [-0.2, -0.15) is 0 Å². The molecule has 2 heterocycles. The van der Waals surface area contributed by atoms with Crippen molar-refractivity contribution in [3.05, 3.63) is 100 Å². The third-order valence-corrected chi connectivity index (χ3v) is 8.32. The summed E-state index contributed by atoms with van der Waals surface area (Å²) in [5.41, 5.74) is 10.6. The maximum absolute atomic E-state index is 11.9. The highest BCUT2D eigenvalue weighted by Crippen LogP contribution is 2.44. The van der Waals surface area contributed by atoms with E-state index in [0.29, 0.717) is 0 Å². The lowest BCUT2D eigenvalue weighted by molar-refractivity contribution is 0.474. The van der Waals surface area contributed by atoms with Crippen molar-refractivity contribution in [1.29, 1.82) is 0 Å². The van der Waals surface area contributed by atoms with Crippen LogP contribution in [0.2, 0.25) is 0 Å². The van der Waals surface area contributed by atoms with Crippen LogP contribution < -0.4 is 0 Å². The van der Waals surface area contributed by atoms with Gasteiger partial charge in [-0.1, -0.05) is 74.9 Å². The van der Waals surface area contributed by atoms with Crippen LogP contribution in [0.4, 0.5) is 0 Å². The number of phenolic OH excluding ortho intramolecular Hbond substituents is 1. The molecule has 38 heavy (non-hydrogen) atoms. The van der Waals surface area contributed by atoms with Crippen LogP contribution in [0.3, 0.4) is 0 Å². The van der Waals surface area contributed by atoms with Crippen LogP contribution in [0.25, 0.3) is 49.3 Å². The van der Waals surface area contributed by atoms with Crippen molar-refractivity contribution >= 4 is 33.1 Å². The fourth-order valence-electron chi connectivity index (χ4n) is 5.66. The van der Waals surface area contributed by atoms with Crippen molar-refractivity contribution in [2.75, 3.05) is 0 Å². The Balaban J connectivity index is 1.62. The predicted molar refractivity (Wildman–Crippen MR) is 162 cm³/mol. The van der Waals surface area contributed by atoms with Crippen LogP contribution in [0.1, 0.15) is 43.0 Å². The molecule has 2 aromatic heterocycles. The second-order valence-corrected chi connectivity index (χ2v) is 12.2. The highest BCUT2D eigenvalue weighted by Gasteiger charge is 2.24. The number of fused-ring (bicyclic) bond motifs is 3. The van der Waals surface area contributed by atoms with Gasteiger partial charge in [-0.3, -0.25) is 0 Å². The molecule has 6 rings (SSSR count).